The molecule has 1 aromatic carbocycles. The molecule has 1 aromatic rings. The molecule has 1 aliphatic rings. The summed E-state index contributed by atoms with van der Waals surface area (Å²) < 4.78 is 14.0. The van der Waals surface area contributed by atoms with Gasteiger partial charge >= 0.3 is 0 Å². The smallest absolute Gasteiger partial charge is 0.257 e. The molecule has 6 heteroatoms. The molecular formula is C14H19FN2O3. The van der Waals surface area contributed by atoms with Crippen LogP contribution in [0.15, 0.2) is 12.1 Å². The Labute approximate surface area is 117 Å². The van der Waals surface area contributed by atoms with E-state index in [1.807, 2.05) is 0 Å². The molecule has 0 bridgehead atoms. The monoisotopic (exact) mass is 282 g/mol. The maximum atomic E-state index is 14.0. The van der Waals surface area contributed by atoms with Gasteiger partial charge in [0.1, 0.15) is 5.82 Å². The van der Waals surface area contributed by atoms with E-state index in [0.717, 1.165) is 19.3 Å². The second-order valence-electron chi connectivity index (χ2n) is 4.99. The number of amides is 1. The van der Waals surface area contributed by atoms with Gasteiger partial charge in [-0.25, -0.2) is 4.39 Å². The first-order valence-electron chi connectivity index (χ1n) is 6.69. The zero-order valence-electron chi connectivity index (χ0n) is 11.4. The summed E-state index contributed by atoms with van der Waals surface area (Å²) in [7, 11) is 1.77. The number of fused-ring (bicyclic) bond motifs is 1. The number of rotatable bonds is 6. The maximum Gasteiger partial charge on any atom is 0.257 e. The van der Waals surface area contributed by atoms with Crippen LogP contribution >= 0.6 is 0 Å². The summed E-state index contributed by atoms with van der Waals surface area (Å²) in [5, 5.41) is 20.8. The number of aliphatic hydroxyl groups excluding tert-OH is 2. The molecule has 1 heterocycles. The molecule has 0 fully saturated rings. The fraction of sp³-hybridized carbons (Fsp3) is 0.500. The lowest BCUT2D eigenvalue weighted by atomic mass is 10.1. The van der Waals surface area contributed by atoms with E-state index in [-0.39, 0.29) is 12.2 Å². The highest BCUT2D eigenvalue weighted by Crippen LogP contribution is 2.35. The molecular weight excluding hydrogens is 263 g/mol. The number of nitrogens with zero attached hydrogens (tertiary/aromatic N) is 1. The van der Waals surface area contributed by atoms with Crippen LogP contribution in [0.3, 0.4) is 0 Å². The van der Waals surface area contributed by atoms with Crippen molar-refractivity contribution in [2.24, 2.45) is 0 Å². The van der Waals surface area contributed by atoms with Gasteiger partial charge in [-0.15, -0.1) is 0 Å². The highest BCUT2D eigenvalue weighted by molar-refractivity contribution is 6.02. The summed E-state index contributed by atoms with van der Waals surface area (Å²) in [4.78, 5) is 13.1. The van der Waals surface area contributed by atoms with Crippen LogP contribution in [0.1, 0.15) is 30.9 Å². The number of hydrogen-bond acceptors (Lipinski definition) is 4. The Balaban J connectivity index is 2.09. The number of halogens is 1. The summed E-state index contributed by atoms with van der Waals surface area (Å²) in [6.45, 7) is 0.826. The Bertz CT molecular complexity index is 507. The van der Waals surface area contributed by atoms with Crippen molar-refractivity contribution >= 4 is 17.3 Å². The Morgan fingerprint density at radius 2 is 2.10 bits per heavy atom. The average Bonchev–Trinajstić information content (AvgIpc) is 2.69. The summed E-state index contributed by atoms with van der Waals surface area (Å²) in [5.74, 6) is -0.980. The van der Waals surface area contributed by atoms with Crippen molar-refractivity contribution in [1.29, 1.82) is 0 Å². The van der Waals surface area contributed by atoms with Crippen LogP contribution in [0.2, 0.25) is 0 Å². The van der Waals surface area contributed by atoms with Crippen molar-refractivity contribution in [3.63, 3.8) is 0 Å². The zero-order chi connectivity index (χ0) is 14.7. The number of benzene rings is 1. The molecule has 0 radical (unpaired) electrons. The first kappa shape index (κ1) is 14.7. The summed E-state index contributed by atoms with van der Waals surface area (Å²) in [6, 6.07) is 2.75. The van der Waals surface area contributed by atoms with E-state index in [1.54, 1.807) is 18.0 Å². The number of nitrogens with one attached hydrogen (secondary N) is 1. The van der Waals surface area contributed by atoms with Crippen molar-refractivity contribution < 1.29 is 19.4 Å². The van der Waals surface area contributed by atoms with Crippen molar-refractivity contribution in [3.8, 4) is 0 Å². The molecule has 1 atom stereocenters. The van der Waals surface area contributed by atoms with E-state index in [4.69, 9.17) is 5.11 Å². The van der Waals surface area contributed by atoms with Crippen LogP contribution in [0.5, 0.6) is 0 Å². The van der Waals surface area contributed by atoms with E-state index in [2.05, 4.69) is 5.32 Å². The van der Waals surface area contributed by atoms with E-state index in [9.17, 15) is 14.3 Å². The van der Waals surface area contributed by atoms with Crippen LogP contribution in [-0.2, 0) is 4.79 Å². The average molecular weight is 282 g/mol. The van der Waals surface area contributed by atoms with Gasteiger partial charge in [-0.05, 0) is 31.4 Å². The van der Waals surface area contributed by atoms with Crippen LogP contribution in [0, 0.1) is 5.82 Å². The number of anilines is 2. The Morgan fingerprint density at radius 3 is 2.80 bits per heavy atom. The largest absolute Gasteiger partial charge is 0.396 e. The molecule has 3 N–H and O–H groups in total. The van der Waals surface area contributed by atoms with Gasteiger partial charge in [-0.3, -0.25) is 4.79 Å². The molecule has 5 nitrogen and oxygen atoms in total. The quantitative estimate of drug-likeness (QED) is 0.690. The summed E-state index contributed by atoms with van der Waals surface area (Å²) >= 11 is 0. The second kappa shape index (κ2) is 6.19. The van der Waals surface area contributed by atoms with Gasteiger partial charge in [0.05, 0.1) is 5.69 Å². The first-order valence-corrected chi connectivity index (χ1v) is 6.69. The van der Waals surface area contributed by atoms with Gasteiger partial charge in [0, 0.05) is 31.5 Å². The third-order valence-corrected chi connectivity index (χ3v) is 3.48. The van der Waals surface area contributed by atoms with E-state index in [1.165, 1.54) is 6.07 Å². The van der Waals surface area contributed by atoms with Crippen molar-refractivity contribution in [2.45, 2.75) is 25.4 Å². The minimum Gasteiger partial charge on any atom is -0.396 e. The third kappa shape index (κ3) is 2.91. The van der Waals surface area contributed by atoms with Gasteiger partial charge in [0.15, 0.2) is 6.10 Å². The van der Waals surface area contributed by atoms with Crippen LogP contribution in [-0.4, -0.2) is 36.3 Å². The van der Waals surface area contributed by atoms with E-state index >= 15 is 0 Å². The number of aliphatic hydroxyl groups is 2. The number of carbonyl (C=O) groups excluding carboxylic acids is 1. The van der Waals surface area contributed by atoms with Gasteiger partial charge in [0.25, 0.3) is 5.91 Å². The van der Waals surface area contributed by atoms with Crippen molar-refractivity contribution in [3.05, 3.63) is 23.5 Å². The zero-order valence-corrected chi connectivity index (χ0v) is 11.4. The molecule has 0 aliphatic carbocycles. The number of unbranched alkanes of at least 4 members (excludes halogenated alkanes) is 2. The third-order valence-electron chi connectivity index (χ3n) is 3.48. The lowest BCUT2D eigenvalue weighted by molar-refractivity contribution is -0.123. The molecule has 0 spiro atoms. The molecule has 2 rings (SSSR count). The van der Waals surface area contributed by atoms with Crippen LogP contribution in [0.25, 0.3) is 0 Å². The molecule has 0 saturated heterocycles. The van der Waals surface area contributed by atoms with Gasteiger partial charge < -0.3 is 20.4 Å². The van der Waals surface area contributed by atoms with E-state index in [0.29, 0.717) is 17.9 Å². The highest BCUT2D eigenvalue weighted by Gasteiger charge is 2.30. The molecule has 0 aromatic heterocycles. The topological polar surface area (TPSA) is 72.8 Å². The molecule has 1 unspecified atom stereocenters. The first-order chi connectivity index (χ1) is 9.54. The lowest BCUT2D eigenvalue weighted by Crippen LogP contribution is -2.20. The number of carbonyl (C=O) groups is 1. The standard InChI is InChI=1S/C14H19FN2O3/c1-17(5-3-2-4-6-18)12-8-11-9(7-10(12)15)13(19)14(20)16-11/h7-8,13,18-19H,2-6H2,1H3,(H,16,20). The van der Waals surface area contributed by atoms with Gasteiger partial charge in [0.2, 0.25) is 0 Å². The van der Waals surface area contributed by atoms with Crippen LogP contribution in [0.4, 0.5) is 15.8 Å². The Morgan fingerprint density at radius 1 is 1.35 bits per heavy atom. The Kier molecular flexibility index (Phi) is 4.57. The predicted molar refractivity (Wildman–Crippen MR) is 74.2 cm³/mol. The molecule has 110 valence electrons. The minimum atomic E-state index is -1.29. The van der Waals surface area contributed by atoms with Gasteiger partial charge in [-0.1, -0.05) is 0 Å². The normalized spacial score (nSPS) is 17.0. The van der Waals surface area contributed by atoms with Crippen LogP contribution < -0.4 is 10.2 Å². The summed E-state index contributed by atoms with van der Waals surface area (Å²) in [6.07, 6.45) is 1.18. The maximum absolute atomic E-state index is 14.0. The minimum absolute atomic E-state index is 0.168. The van der Waals surface area contributed by atoms with Crippen molar-refractivity contribution in [1.82, 2.24) is 0 Å². The molecule has 20 heavy (non-hydrogen) atoms. The SMILES string of the molecule is CN(CCCCCO)c1cc2c(cc1F)C(O)C(=O)N2. The molecule has 1 amide bonds. The fourth-order valence-electron chi connectivity index (χ4n) is 2.30. The second-order valence-corrected chi connectivity index (χ2v) is 4.99. The van der Waals surface area contributed by atoms with E-state index < -0.39 is 17.8 Å². The van der Waals surface area contributed by atoms with Gasteiger partial charge in [-0.2, -0.15) is 0 Å². The fourth-order valence-corrected chi connectivity index (χ4v) is 2.30. The molecule has 1 aliphatic heterocycles. The predicted octanol–water partition coefficient (Wildman–Crippen LogP) is 1.41. The Hall–Kier alpha value is -1.66. The summed E-state index contributed by atoms with van der Waals surface area (Å²) in [5.41, 5.74) is 1.13. The lowest BCUT2D eigenvalue weighted by Gasteiger charge is -2.20. The number of hydrogen-bond donors (Lipinski definition) is 3. The highest BCUT2D eigenvalue weighted by atomic mass is 19.1. The molecule has 0 saturated carbocycles. The van der Waals surface area contributed by atoms with Crippen molar-refractivity contribution in [2.75, 3.05) is 30.4 Å².